The summed E-state index contributed by atoms with van der Waals surface area (Å²) in [6, 6.07) is 18.8. The highest BCUT2D eigenvalue weighted by Crippen LogP contribution is 2.23. The van der Waals surface area contributed by atoms with Gasteiger partial charge in [0.2, 0.25) is 0 Å². The Bertz CT molecular complexity index is 754. The molecule has 4 rings (SSSR count). The van der Waals surface area contributed by atoms with Crippen LogP contribution in [-0.4, -0.2) is 49.7 Å². The highest BCUT2D eigenvalue weighted by atomic mass is 16.5. The molecular formula is C24H30N2O2. The van der Waals surface area contributed by atoms with Crippen LogP contribution in [0, 0.1) is 5.92 Å². The highest BCUT2D eigenvalue weighted by molar-refractivity contribution is 5.94. The molecule has 4 heteroatoms. The van der Waals surface area contributed by atoms with Crippen LogP contribution in [0.5, 0.6) is 0 Å². The lowest BCUT2D eigenvalue weighted by molar-refractivity contribution is 0.0179. The second-order valence-electron chi connectivity index (χ2n) is 8.00. The molecule has 0 bridgehead atoms. The number of rotatable bonds is 5. The largest absolute Gasteiger partial charge is 0.381 e. The number of hydrogen-bond acceptors (Lipinski definition) is 3. The minimum absolute atomic E-state index is 0.0304. The van der Waals surface area contributed by atoms with Crippen molar-refractivity contribution in [2.75, 3.05) is 32.8 Å². The minimum Gasteiger partial charge on any atom is -0.381 e. The first kappa shape index (κ1) is 19.2. The number of nitrogens with one attached hydrogen (secondary N) is 1. The van der Waals surface area contributed by atoms with E-state index in [1.54, 1.807) is 0 Å². The molecule has 1 unspecified atom stereocenters. The van der Waals surface area contributed by atoms with Crippen molar-refractivity contribution in [3.63, 3.8) is 0 Å². The molecule has 4 nitrogen and oxygen atoms in total. The zero-order valence-corrected chi connectivity index (χ0v) is 16.5. The third-order valence-electron chi connectivity index (χ3n) is 6.06. The van der Waals surface area contributed by atoms with Gasteiger partial charge in [-0.1, -0.05) is 42.5 Å². The summed E-state index contributed by atoms with van der Waals surface area (Å²) < 4.78 is 5.50. The number of carbonyl (C=O) groups excluding carboxylic acids is 1. The Hall–Kier alpha value is -2.17. The van der Waals surface area contributed by atoms with Crippen molar-refractivity contribution in [1.29, 1.82) is 0 Å². The van der Waals surface area contributed by atoms with Crippen molar-refractivity contribution in [2.24, 2.45) is 5.92 Å². The molecule has 0 radical (unpaired) electrons. The monoisotopic (exact) mass is 378 g/mol. The Morgan fingerprint density at radius 3 is 2.43 bits per heavy atom. The average Bonchev–Trinajstić information content (AvgIpc) is 2.79. The number of carbonyl (C=O) groups is 1. The lowest BCUT2D eigenvalue weighted by Gasteiger charge is -2.40. The number of hydrogen-bond donors (Lipinski definition) is 1. The van der Waals surface area contributed by atoms with E-state index in [-0.39, 0.29) is 5.91 Å². The summed E-state index contributed by atoms with van der Waals surface area (Å²) in [7, 11) is 0. The van der Waals surface area contributed by atoms with Crippen molar-refractivity contribution < 1.29 is 9.53 Å². The standard InChI is InChI=1S/C24H30N2O2/c27-24(22-10-8-21(9-11-22)20-6-2-1-3-7-20)25-17-19-5-4-14-26(18-19)23-12-15-28-16-13-23/h1-3,6-11,19,23H,4-5,12-18H2,(H,25,27). The summed E-state index contributed by atoms with van der Waals surface area (Å²) in [5.41, 5.74) is 3.04. The van der Waals surface area contributed by atoms with Crippen LogP contribution < -0.4 is 5.32 Å². The second kappa shape index (κ2) is 9.35. The quantitative estimate of drug-likeness (QED) is 0.856. The molecule has 1 atom stereocenters. The number of benzene rings is 2. The molecule has 2 aromatic rings. The van der Waals surface area contributed by atoms with Crippen molar-refractivity contribution in [3.8, 4) is 11.1 Å². The van der Waals surface area contributed by atoms with E-state index < -0.39 is 0 Å². The number of piperidine rings is 1. The zero-order valence-electron chi connectivity index (χ0n) is 16.5. The molecule has 28 heavy (non-hydrogen) atoms. The van der Waals surface area contributed by atoms with E-state index in [4.69, 9.17) is 4.74 Å². The third-order valence-corrected chi connectivity index (χ3v) is 6.06. The van der Waals surface area contributed by atoms with E-state index in [9.17, 15) is 4.79 Å². The molecule has 148 valence electrons. The Balaban J connectivity index is 1.29. The van der Waals surface area contributed by atoms with Gasteiger partial charge in [0, 0.05) is 37.9 Å². The van der Waals surface area contributed by atoms with Gasteiger partial charge in [0.25, 0.3) is 5.91 Å². The van der Waals surface area contributed by atoms with Crippen LogP contribution in [0.3, 0.4) is 0 Å². The van der Waals surface area contributed by atoms with E-state index in [1.807, 2.05) is 42.5 Å². The van der Waals surface area contributed by atoms with Gasteiger partial charge in [0.1, 0.15) is 0 Å². The molecule has 0 saturated carbocycles. The van der Waals surface area contributed by atoms with Crippen LogP contribution in [0.4, 0.5) is 0 Å². The van der Waals surface area contributed by atoms with Gasteiger partial charge >= 0.3 is 0 Å². The number of ether oxygens (including phenoxy) is 1. The molecule has 1 amide bonds. The van der Waals surface area contributed by atoms with Crippen LogP contribution in [0.1, 0.15) is 36.0 Å². The normalized spacial score (nSPS) is 21.4. The number of nitrogens with zero attached hydrogens (tertiary/aromatic N) is 1. The molecular weight excluding hydrogens is 348 g/mol. The second-order valence-corrected chi connectivity index (χ2v) is 8.00. The Kier molecular flexibility index (Phi) is 6.40. The van der Waals surface area contributed by atoms with E-state index in [1.165, 1.54) is 24.9 Å². The van der Waals surface area contributed by atoms with Crippen molar-refractivity contribution in [1.82, 2.24) is 10.2 Å². The summed E-state index contributed by atoms with van der Waals surface area (Å²) in [5, 5.41) is 3.16. The van der Waals surface area contributed by atoms with Gasteiger partial charge in [0.05, 0.1) is 0 Å². The van der Waals surface area contributed by atoms with Crippen molar-refractivity contribution in [2.45, 2.75) is 31.7 Å². The number of likely N-dealkylation sites (tertiary alicyclic amines) is 1. The van der Waals surface area contributed by atoms with Gasteiger partial charge < -0.3 is 10.1 Å². The maximum Gasteiger partial charge on any atom is 0.251 e. The molecule has 2 fully saturated rings. The predicted octanol–water partition coefficient (Wildman–Crippen LogP) is 3.97. The van der Waals surface area contributed by atoms with Gasteiger partial charge in [-0.15, -0.1) is 0 Å². The fourth-order valence-electron chi connectivity index (χ4n) is 4.43. The van der Waals surface area contributed by atoms with Crippen LogP contribution >= 0.6 is 0 Å². The summed E-state index contributed by atoms with van der Waals surface area (Å²) in [5.74, 6) is 0.576. The Labute approximate surface area is 167 Å². The molecule has 2 aromatic carbocycles. The van der Waals surface area contributed by atoms with Crippen LogP contribution in [0.15, 0.2) is 54.6 Å². The average molecular weight is 379 g/mol. The van der Waals surface area contributed by atoms with E-state index >= 15 is 0 Å². The fraction of sp³-hybridized carbons (Fsp3) is 0.458. The Morgan fingerprint density at radius 2 is 1.68 bits per heavy atom. The summed E-state index contributed by atoms with van der Waals surface area (Å²) in [6.07, 6.45) is 4.72. The lowest BCUT2D eigenvalue weighted by atomic mass is 9.94. The van der Waals surface area contributed by atoms with Gasteiger partial charge in [-0.2, -0.15) is 0 Å². The molecule has 2 aliphatic heterocycles. The summed E-state index contributed by atoms with van der Waals surface area (Å²) in [4.78, 5) is 15.2. The van der Waals surface area contributed by atoms with Crippen molar-refractivity contribution in [3.05, 3.63) is 60.2 Å². The fourth-order valence-corrected chi connectivity index (χ4v) is 4.43. The van der Waals surface area contributed by atoms with Crippen molar-refractivity contribution >= 4 is 5.91 Å². The minimum atomic E-state index is 0.0304. The molecule has 0 spiro atoms. The van der Waals surface area contributed by atoms with E-state index in [2.05, 4.69) is 22.3 Å². The van der Waals surface area contributed by atoms with Gasteiger partial charge in [-0.05, 0) is 61.4 Å². The maximum atomic E-state index is 12.6. The third kappa shape index (κ3) is 4.81. The van der Waals surface area contributed by atoms with Gasteiger partial charge in [-0.25, -0.2) is 0 Å². The number of amides is 1. The zero-order chi connectivity index (χ0) is 19.2. The predicted molar refractivity (Wildman–Crippen MR) is 112 cm³/mol. The first-order chi connectivity index (χ1) is 13.8. The molecule has 2 heterocycles. The smallest absolute Gasteiger partial charge is 0.251 e. The first-order valence-electron chi connectivity index (χ1n) is 10.5. The topological polar surface area (TPSA) is 41.6 Å². The maximum absolute atomic E-state index is 12.6. The molecule has 1 N–H and O–H groups in total. The first-order valence-corrected chi connectivity index (χ1v) is 10.5. The SMILES string of the molecule is O=C(NCC1CCCN(C2CCOCC2)C1)c1ccc(-c2ccccc2)cc1. The van der Waals surface area contributed by atoms with E-state index in [0.717, 1.165) is 50.3 Å². The molecule has 2 saturated heterocycles. The summed E-state index contributed by atoms with van der Waals surface area (Å²) in [6.45, 7) is 4.83. The molecule has 0 aromatic heterocycles. The van der Waals surface area contributed by atoms with Crippen LogP contribution in [0.2, 0.25) is 0 Å². The van der Waals surface area contributed by atoms with Crippen LogP contribution in [-0.2, 0) is 4.74 Å². The molecule has 2 aliphatic rings. The van der Waals surface area contributed by atoms with Crippen LogP contribution in [0.25, 0.3) is 11.1 Å². The molecule has 0 aliphatic carbocycles. The van der Waals surface area contributed by atoms with Gasteiger partial charge in [0.15, 0.2) is 0 Å². The summed E-state index contributed by atoms with van der Waals surface area (Å²) >= 11 is 0. The highest BCUT2D eigenvalue weighted by Gasteiger charge is 2.27. The van der Waals surface area contributed by atoms with E-state index in [0.29, 0.717) is 12.0 Å². The lowest BCUT2D eigenvalue weighted by Crippen LogP contribution is -2.47. The Morgan fingerprint density at radius 1 is 0.964 bits per heavy atom. The van der Waals surface area contributed by atoms with Gasteiger partial charge in [-0.3, -0.25) is 9.69 Å².